The summed E-state index contributed by atoms with van der Waals surface area (Å²) in [5.41, 5.74) is 3.04. The van der Waals surface area contributed by atoms with Crippen LogP contribution in [0.5, 0.6) is 5.75 Å². The van der Waals surface area contributed by atoms with Crippen LogP contribution >= 0.6 is 0 Å². The van der Waals surface area contributed by atoms with E-state index in [1.54, 1.807) is 25.3 Å². The fourth-order valence-electron chi connectivity index (χ4n) is 2.21. The Hall–Kier alpha value is -2.55. The van der Waals surface area contributed by atoms with E-state index in [2.05, 4.69) is 6.58 Å². The highest BCUT2D eigenvalue weighted by Crippen LogP contribution is 2.29. The highest BCUT2D eigenvalue weighted by Gasteiger charge is 2.17. The van der Waals surface area contributed by atoms with E-state index < -0.39 is 5.60 Å². The molecule has 0 radical (unpaired) electrons. The lowest BCUT2D eigenvalue weighted by Gasteiger charge is -2.19. The molecule has 0 aromatic heterocycles. The molecule has 0 aliphatic carbocycles. The summed E-state index contributed by atoms with van der Waals surface area (Å²) in [6.45, 7) is 9.40. The summed E-state index contributed by atoms with van der Waals surface area (Å²) in [5, 5.41) is 0. The molecule has 0 saturated heterocycles. The van der Waals surface area contributed by atoms with Crippen molar-refractivity contribution in [3.05, 3.63) is 60.2 Å². The number of carbonyl (C=O) groups excluding carboxylic acids is 1. The van der Waals surface area contributed by atoms with E-state index in [4.69, 9.17) is 9.47 Å². The zero-order valence-corrected chi connectivity index (χ0v) is 14.1. The van der Waals surface area contributed by atoms with E-state index in [1.807, 2.05) is 51.1 Å². The third-order valence-electron chi connectivity index (χ3n) is 3.31. The van der Waals surface area contributed by atoms with Gasteiger partial charge in [-0.1, -0.05) is 30.9 Å². The van der Waals surface area contributed by atoms with Crippen LogP contribution in [0.3, 0.4) is 0 Å². The lowest BCUT2D eigenvalue weighted by atomic mass is 9.98. The first-order chi connectivity index (χ1) is 10.8. The second kappa shape index (κ2) is 6.69. The summed E-state index contributed by atoms with van der Waals surface area (Å²) in [6, 6.07) is 13.2. The van der Waals surface area contributed by atoms with Crippen LogP contribution in [-0.4, -0.2) is 18.7 Å². The van der Waals surface area contributed by atoms with Gasteiger partial charge >= 0.3 is 5.97 Å². The Morgan fingerprint density at radius 2 is 1.74 bits per heavy atom. The highest BCUT2D eigenvalue weighted by molar-refractivity contribution is 5.90. The molecule has 0 aliphatic heterocycles. The SMILES string of the molecule is C=Cc1ccc(OC)cc1-c1ccc(C(=O)OC(C)(C)C)cc1. The van der Waals surface area contributed by atoms with Crippen molar-refractivity contribution < 1.29 is 14.3 Å². The quantitative estimate of drug-likeness (QED) is 0.749. The molecule has 0 N–H and O–H groups in total. The van der Waals surface area contributed by atoms with Gasteiger partial charge in [0.15, 0.2) is 0 Å². The Morgan fingerprint density at radius 3 is 2.26 bits per heavy atom. The number of ether oxygens (including phenoxy) is 2. The molecule has 3 heteroatoms. The van der Waals surface area contributed by atoms with Gasteiger partial charge in [0, 0.05) is 0 Å². The van der Waals surface area contributed by atoms with Crippen molar-refractivity contribution in [2.24, 2.45) is 0 Å². The first kappa shape index (κ1) is 16.8. The molecular formula is C20H22O3. The van der Waals surface area contributed by atoms with E-state index in [9.17, 15) is 4.79 Å². The highest BCUT2D eigenvalue weighted by atomic mass is 16.6. The lowest BCUT2D eigenvalue weighted by Crippen LogP contribution is -2.23. The van der Waals surface area contributed by atoms with Gasteiger partial charge in [0.05, 0.1) is 12.7 Å². The molecule has 3 nitrogen and oxygen atoms in total. The predicted octanol–water partition coefficient (Wildman–Crippen LogP) is 4.96. The molecule has 0 aliphatic rings. The Balaban J connectivity index is 2.33. The summed E-state index contributed by atoms with van der Waals surface area (Å²) in [7, 11) is 1.64. The average Bonchev–Trinajstić information content (AvgIpc) is 2.52. The van der Waals surface area contributed by atoms with Crippen molar-refractivity contribution in [1.82, 2.24) is 0 Å². The van der Waals surface area contributed by atoms with E-state index >= 15 is 0 Å². The number of hydrogen-bond acceptors (Lipinski definition) is 3. The molecule has 0 bridgehead atoms. The molecule has 0 spiro atoms. The summed E-state index contributed by atoms with van der Waals surface area (Å²) in [4.78, 5) is 12.1. The van der Waals surface area contributed by atoms with Crippen molar-refractivity contribution >= 4 is 12.0 Å². The minimum absolute atomic E-state index is 0.321. The van der Waals surface area contributed by atoms with Crippen LogP contribution in [0.2, 0.25) is 0 Å². The maximum atomic E-state index is 12.1. The second-order valence-electron chi connectivity index (χ2n) is 6.24. The van der Waals surface area contributed by atoms with Crippen molar-refractivity contribution in [1.29, 1.82) is 0 Å². The molecular weight excluding hydrogens is 288 g/mol. The number of esters is 1. The summed E-state index contributed by atoms with van der Waals surface area (Å²) >= 11 is 0. The van der Waals surface area contributed by atoms with Gasteiger partial charge in [-0.2, -0.15) is 0 Å². The fraction of sp³-hybridized carbons (Fsp3) is 0.250. The number of benzene rings is 2. The molecule has 2 aromatic rings. The number of hydrogen-bond donors (Lipinski definition) is 0. The normalized spacial score (nSPS) is 11.0. The Labute approximate surface area is 137 Å². The summed E-state index contributed by atoms with van der Waals surface area (Å²) in [5.74, 6) is 0.459. The van der Waals surface area contributed by atoms with Crippen LogP contribution in [0, 0.1) is 0 Å². The van der Waals surface area contributed by atoms with Gasteiger partial charge in [0.25, 0.3) is 0 Å². The van der Waals surface area contributed by atoms with Crippen molar-refractivity contribution in [3.63, 3.8) is 0 Å². The number of methoxy groups -OCH3 is 1. The van der Waals surface area contributed by atoms with Crippen LogP contribution in [-0.2, 0) is 4.74 Å². The zero-order chi connectivity index (χ0) is 17.0. The molecule has 0 atom stereocenters. The van der Waals surface area contributed by atoms with Crippen molar-refractivity contribution in [3.8, 4) is 16.9 Å². The Kier molecular flexibility index (Phi) is 4.89. The number of rotatable bonds is 4. The van der Waals surface area contributed by atoms with Gasteiger partial charge in [0.2, 0.25) is 0 Å². The topological polar surface area (TPSA) is 35.5 Å². The van der Waals surface area contributed by atoms with Gasteiger partial charge in [-0.05, 0) is 61.7 Å². The zero-order valence-electron chi connectivity index (χ0n) is 14.1. The Bertz CT molecular complexity index is 707. The smallest absolute Gasteiger partial charge is 0.338 e. The van der Waals surface area contributed by atoms with Crippen LogP contribution in [0.25, 0.3) is 17.2 Å². The van der Waals surface area contributed by atoms with Gasteiger partial charge in [-0.15, -0.1) is 0 Å². The van der Waals surface area contributed by atoms with E-state index in [0.29, 0.717) is 5.56 Å². The van der Waals surface area contributed by atoms with Gasteiger partial charge in [0.1, 0.15) is 11.4 Å². The van der Waals surface area contributed by atoms with Crippen LogP contribution in [0.4, 0.5) is 0 Å². The summed E-state index contributed by atoms with van der Waals surface area (Å²) < 4.78 is 10.7. The monoisotopic (exact) mass is 310 g/mol. The molecule has 0 heterocycles. The molecule has 0 unspecified atom stereocenters. The number of carbonyl (C=O) groups is 1. The molecule has 2 rings (SSSR count). The van der Waals surface area contributed by atoms with Crippen LogP contribution in [0.1, 0.15) is 36.7 Å². The lowest BCUT2D eigenvalue weighted by molar-refractivity contribution is 0.00696. The Morgan fingerprint density at radius 1 is 1.09 bits per heavy atom. The van der Waals surface area contributed by atoms with Crippen LogP contribution in [0.15, 0.2) is 49.0 Å². The molecule has 23 heavy (non-hydrogen) atoms. The standard InChI is InChI=1S/C20H22O3/c1-6-14-11-12-17(22-5)13-18(14)15-7-9-16(10-8-15)19(21)23-20(2,3)4/h6-13H,1H2,2-5H3. The molecule has 0 saturated carbocycles. The molecule has 0 fully saturated rings. The predicted molar refractivity (Wildman–Crippen MR) is 93.7 cm³/mol. The first-order valence-corrected chi connectivity index (χ1v) is 7.48. The minimum atomic E-state index is -0.501. The summed E-state index contributed by atoms with van der Waals surface area (Å²) in [6.07, 6.45) is 1.80. The molecule has 0 amide bonds. The minimum Gasteiger partial charge on any atom is -0.497 e. The average molecular weight is 310 g/mol. The van der Waals surface area contributed by atoms with E-state index in [1.165, 1.54) is 0 Å². The molecule has 120 valence electrons. The van der Waals surface area contributed by atoms with Gasteiger partial charge < -0.3 is 9.47 Å². The fourth-order valence-corrected chi connectivity index (χ4v) is 2.21. The van der Waals surface area contributed by atoms with Gasteiger partial charge in [-0.3, -0.25) is 0 Å². The van der Waals surface area contributed by atoms with Gasteiger partial charge in [-0.25, -0.2) is 4.79 Å². The van der Waals surface area contributed by atoms with E-state index in [0.717, 1.165) is 22.4 Å². The third-order valence-corrected chi connectivity index (χ3v) is 3.31. The maximum absolute atomic E-state index is 12.1. The van der Waals surface area contributed by atoms with Crippen LogP contribution < -0.4 is 4.74 Å². The largest absolute Gasteiger partial charge is 0.497 e. The van der Waals surface area contributed by atoms with Crippen molar-refractivity contribution in [2.75, 3.05) is 7.11 Å². The third kappa shape index (κ3) is 4.22. The van der Waals surface area contributed by atoms with E-state index in [-0.39, 0.29) is 5.97 Å². The molecule has 2 aromatic carbocycles. The maximum Gasteiger partial charge on any atom is 0.338 e. The second-order valence-corrected chi connectivity index (χ2v) is 6.24. The first-order valence-electron chi connectivity index (χ1n) is 7.48. The van der Waals surface area contributed by atoms with Crippen molar-refractivity contribution in [2.45, 2.75) is 26.4 Å².